The van der Waals surface area contributed by atoms with E-state index in [-0.39, 0.29) is 18.2 Å². The Balaban J connectivity index is 1.53. The molecule has 0 spiro atoms. The van der Waals surface area contributed by atoms with Gasteiger partial charge in [0, 0.05) is 0 Å². The van der Waals surface area contributed by atoms with Gasteiger partial charge in [-0.3, -0.25) is 10.6 Å². The summed E-state index contributed by atoms with van der Waals surface area (Å²) in [7, 11) is 0. The number of hydrogen-bond donors (Lipinski definition) is 2. The summed E-state index contributed by atoms with van der Waals surface area (Å²) in [6.07, 6.45) is 0.0918. The van der Waals surface area contributed by atoms with Crippen LogP contribution in [0.5, 0.6) is 0 Å². The molecule has 1 aliphatic heterocycles. The first-order valence-corrected chi connectivity index (χ1v) is 10.9. The van der Waals surface area contributed by atoms with E-state index < -0.39 is 0 Å². The monoisotopic (exact) mass is 400 g/mol. The molecule has 5 aromatic rings. The summed E-state index contributed by atoms with van der Waals surface area (Å²) in [6.45, 7) is 0. The molecule has 1 heterocycles. The van der Waals surface area contributed by atoms with Gasteiger partial charge in [-0.25, -0.2) is 0 Å². The lowest BCUT2D eigenvalue weighted by molar-refractivity contribution is 0.555. The first-order valence-electron chi connectivity index (χ1n) is 10.9. The molecule has 0 radical (unpaired) electrons. The molecule has 2 nitrogen and oxygen atoms in total. The highest BCUT2D eigenvalue weighted by Gasteiger charge is 2.37. The van der Waals surface area contributed by atoms with Crippen molar-refractivity contribution >= 4 is 21.5 Å². The molecule has 0 bridgehead atoms. The Morgan fingerprint density at radius 2 is 0.871 bits per heavy atom. The number of fused-ring (bicyclic) bond motifs is 2. The molecule has 2 atom stereocenters. The van der Waals surface area contributed by atoms with E-state index in [4.69, 9.17) is 0 Å². The molecule has 2 unspecified atom stereocenters. The maximum Gasteiger partial charge on any atom is 0.0846 e. The van der Waals surface area contributed by atoms with Crippen LogP contribution in [0.2, 0.25) is 0 Å². The summed E-state index contributed by atoms with van der Waals surface area (Å²) in [4.78, 5) is 0. The fourth-order valence-electron chi connectivity index (χ4n) is 5.02. The average molecular weight is 401 g/mol. The van der Waals surface area contributed by atoms with Crippen molar-refractivity contribution in [1.29, 1.82) is 0 Å². The molecule has 1 fully saturated rings. The second kappa shape index (κ2) is 7.66. The highest BCUT2D eigenvalue weighted by molar-refractivity contribution is 5.88. The van der Waals surface area contributed by atoms with Gasteiger partial charge in [-0.2, -0.15) is 0 Å². The number of benzene rings is 5. The van der Waals surface area contributed by atoms with E-state index in [0.717, 1.165) is 0 Å². The lowest BCUT2D eigenvalue weighted by Gasteiger charge is -2.23. The molecule has 0 saturated carbocycles. The molecule has 150 valence electrons. The van der Waals surface area contributed by atoms with Crippen LogP contribution in [0.25, 0.3) is 21.5 Å². The van der Waals surface area contributed by atoms with Crippen molar-refractivity contribution in [3.63, 3.8) is 0 Å². The third-order valence-corrected chi connectivity index (χ3v) is 6.48. The summed E-state index contributed by atoms with van der Waals surface area (Å²) in [5, 5.41) is 13.0. The van der Waals surface area contributed by atoms with E-state index in [2.05, 4.69) is 126 Å². The molecule has 2 heteroatoms. The Hall–Kier alpha value is -3.46. The van der Waals surface area contributed by atoms with Crippen molar-refractivity contribution in [1.82, 2.24) is 10.6 Å². The summed E-state index contributed by atoms with van der Waals surface area (Å²) in [5.41, 5.74) is 3.93. The minimum atomic E-state index is 0.0918. The van der Waals surface area contributed by atoms with E-state index in [1.807, 2.05) is 0 Å². The van der Waals surface area contributed by atoms with Gasteiger partial charge >= 0.3 is 0 Å². The van der Waals surface area contributed by atoms with Gasteiger partial charge in [0.05, 0.1) is 18.2 Å². The molecule has 31 heavy (non-hydrogen) atoms. The van der Waals surface area contributed by atoms with Crippen LogP contribution < -0.4 is 10.6 Å². The van der Waals surface area contributed by atoms with Crippen molar-refractivity contribution < 1.29 is 0 Å². The quantitative estimate of drug-likeness (QED) is 0.353. The normalized spacial score (nSPS) is 21.0. The van der Waals surface area contributed by atoms with Gasteiger partial charge in [-0.05, 0) is 38.2 Å². The van der Waals surface area contributed by atoms with Crippen LogP contribution in [0.3, 0.4) is 0 Å². The molecular weight excluding hydrogens is 376 g/mol. The van der Waals surface area contributed by atoms with Gasteiger partial charge in [0.1, 0.15) is 0 Å². The summed E-state index contributed by atoms with van der Waals surface area (Å²) < 4.78 is 0. The predicted octanol–water partition coefficient (Wildman–Crippen LogP) is 6.67. The number of rotatable bonds is 3. The zero-order valence-corrected chi connectivity index (χ0v) is 17.2. The van der Waals surface area contributed by atoms with Crippen LogP contribution >= 0.6 is 0 Å². The Labute approximate surface area is 182 Å². The topological polar surface area (TPSA) is 24.1 Å². The second-order valence-corrected chi connectivity index (χ2v) is 8.27. The smallest absolute Gasteiger partial charge is 0.0846 e. The SMILES string of the molecule is c1ccc(C2NC(c3cccc4ccccc34)C(c3cccc4ccccc34)N2)cc1. The first-order chi connectivity index (χ1) is 15.4. The number of hydrogen-bond acceptors (Lipinski definition) is 2. The maximum atomic E-state index is 3.92. The van der Waals surface area contributed by atoms with Crippen LogP contribution in [-0.2, 0) is 0 Å². The molecular formula is C29H24N2. The Bertz CT molecular complexity index is 1260. The van der Waals surface area contributed by atoms with Crippen molar-refractivity contribution in [3.05, 3.63) is 132 Å². The molecule has 1 saturated heterocycles. The van der Waals surface area contributed by atoms with E-state index >= 15 is 0 Å². The van der Waals surface area contributed by atoms with Gasteiger partial charge in [0.2, 0.25) is 0 Å². The van der Waals surface area contributed by atoms with Crippen LogP contribution in [-0.4, -0.2) is 0 Å². The Morgan fingerprint density at radius 1 is 0.419 bits per heavy atom. The van der Waals surface area contributed by atoms with Gasteiger partial charge in [-0.15, -0.1) is 0 Å². The summed E-state index contributed by atoms with van der Waals surface area (Å²) >= 11 is 0. The third-order valence-electron chi connectivity index (χ3n) is 6.48. The average Bonchev–Trinajstić information content (AvgIpc) is 3.29. The molecule has 6 rings (SSSR count). The van der Waals surface area contributed by atoms with Crippen molar-refractivity contribution in [2.75, 3.05) is 0 Å². The second-order valence-electron chi connectivity index (χ2n) is 8.27. The highest BCUT2D eigenvalue weighted by atomic mass is 15.2. The van der Waals surface area contributed by atoms with E-state index in [1.54, 1.807) is 0 Å². The van der Waals surface area contributed by atoms with Gasteiger partial charge < -0.3 is 0 Å². The standard InChI is InChI=1S/C29H24N2/c1-2-12-22(13-3-1)29-30-27(25-18-8-14-20-10-4-6-16-23(20)25)28(31-29)26-19-9-15-21-11-5-7-17-24(21)26/h1-19,27-31H. The minimum absolute atomic E-state index is 0.0918. The minimum Gasteiger partial charge on any atom is -0.289 e. The molecule has 0 amide bonds. The van der Waals surface area contributed by atoms with Crippen LogP contribution in [0.15, 0.2) is 115 Å². The largest absolute Gasteiger partial charge is 0.289 e. The first kappa shape index (κ1) is 18.3. The third kappa shape index (κ3) is 3.21. The fourth-order valence-corrected chi connectivity index (χ4v) is 5.02. The maximum absolute atomic E-state index is 3.92. The van der Waals surface area contributed by atoms with E-state index in [0.29, 0.717) is 0 Å². The van der Waals surface area contributed by atoms with E-state index in [1.165, 1.54) is 38.2 Å². The zero-order valence-electron chi connectivity index (χ0n) is 17.2. The van der Waals surface area contributed by atoms with Crippen LogP contribution in [0, 0.1) is 0 Å². The molecule has 5 aromatic carbocycles. The van der Waals surface area contributed by atoms with Gasteiger partial charge in [0.15, 0.2) is 0 Å². The Kier molecular flexibility index (Phi) is 4.53. The zero-order chi connectivity index (χ0) is 20.6. The fraction of sp³-hybridized carbons (Fsp3) is 0.103. The summed E-state index contributed by atoms with van der Waals surface area (Å²) in [5.74, 6) is 0. The molecule has 2 N–H and O–H groups in total. The van der Waals surface area contributed by atoms with Crippen molar-refractivity contribution in [3.8, 4) is 0 Å². The van der Waals surface area contributed by atoms with Crippen molar-refractivity contribution in [2.45, 2.75) is 18.2 Å². The van der Waals surface area contributed by atoms with E-state index in [9.17, 15) is 0 Å². The van der Waals surface area contributed by atoms with Crippen molar-refractivity contribution in [2.24, 2.45) is 0 Å². The highest BCUT2D eigenvalue weighted by Crippen LogP contribution is 2.42. The molecule has 1 aliphatic rings. The van der Waals surface area contributed by atoms with Gasteiger partial charge in [0.25, 0.3) is 0 Å². The van der Waals surface area contributed by atoms with Gasteiger partial charge in [-0.1, -0.05) is 115 Å². The van der Waals surface area contributed by atoms with Crippen LogP contribution in [0.4, 0.5) is 0 Å². The predicted molar refractivity (Wildman–Crippen MR) is 129 cm³/mol. The summed E-state index contributed by atoms with van der Waals surface area (Å²) in [6, 6.07) is 41.6. The number of nitrogens with one attached hydrogen (secondary N) is 2. The lowest BCUT2D eigenvalue weighted by Crippen LogP contribution is -2.22. The molecule has 0 aliphatic carbocycles. The van der Waals surface area contributed by atoms with Crippen LogP contribution in [0.1, 0.15) is 34.9 Å². The Morgan fingerprint density at radius 3 is 1.42 bits per heavy atom. The molecule has 0 aromatic heterocycles. The lowest BCUT2D eigenvalue weighted by atomic mass is 9.89.